The minimum Gasteiger partial charge on any atom is -0.315 e. The van der Waals surface area contributed by atoms with E-state index in [1.54, 1.807) is 4.90 Å². The number of urea groups is 1. The van der Waals surface area contributed by atoms with Crippen molar-refractivity contribution in [2.24, 2.45) is 5.92 Å². The zero-order chi connectivity index (χ0) is 14.2. The van der Waals surface area contributed by atoms with Gasteiger partial charge in [0, 0.05) is 18.4 Å². The maximum Gasteiger partial charge on any atom is 0.325 e. The van der Waals surface area contributed by atoms with Gasteiger partial charge >= 0.3 is 6.03 Å². The van der Waals surface area contributed by atoms with Gasteiger partial charge in [0.05, 0.1) is 0 Å². The van der Waals surface area contributed by atoms with Crippen LogP contribution in [0.15, 0.2) is 42.6 Å². The maximum atomic E-state index is 12.2. The first kappa shape index (κ1) is 14.6. The standard InChI is InChI=1S/C17H24N2O/c1-2-19(16-11-7-4-8-12-16)17(20)18-14-13-15-9-5-3-6-10-15/h4,7-8,11-15H,2-3,5-6,9-10H2,1H3,(H,18,20)/b14-13+. The molecule has 3 heteroatoms. The van der Waals surface area contributed by atoms with Crippen molar-refractivity contribution in [3.8, 4) is 0 Å². The quantitative estimate of drug-likeness (QED) is 0.870. The second kappa shape index (κ2) is 7.73. The summed E-state index contributed by atoms with van der Waals surface area (Å²) in [6.07, 6.45) is 10.5. The van der Waals surface area contributed by atoms with Crippen LogP contribution < -0.4 is 10.2 Å². The molecule has 2 amide bonds. The number of para-hydroxylation sites is 1. The maximum absolute atomic E-state index is 12.2. The molecule has 0 saturated heterocycles. The second-order valence-electron chi connectivity index (χ2n) is 5.29. The molecule has 1 aromatic carbocycles. The normalized spacial score (nSPS) is 16.2. The zero-order valence-electron chi connectivity index (χ0n) is 12.2. The molecule has 1 fully saturated rings. The van der Waals surface area contributed by atoms with E-state index in [0.717, 1.165) is 5.69 Å². The summed E-state index contributed by atoms with van der Waals surface area (Å²) in [4.78, 5) is 13.9. The topological polar surface area (TPSA) is 32.3 Å². The Labute approximate surface area is 121 Å². The van der Waals surface area contributed by atoms with E-state index in [1.807, 2.05) is 43.5 Å². The monoisotopic (exact) mass is 272 g/mol. The summed E-state index contributed by atoms with van der Waals surface area (Å²) < 4.78 is 0. The number of allylic oxidation sites excluding steroid dienone is 1. The van der Waals surface area contributed by atoms with Crippen LogP contribution in [0, 0.1) is 5.92 Å². The smallest absolute Gasteiger partial charge is 0.315 e. The molecule has 1 saturated carbocycles. The summed E-state index contributed by atoms with van der Waals surface area (Å²) in [7, 11) is 0. The molecule has 0 heterocycles. The average molecular weight is 272 g/mol. The molecule has 0 aliphatic heterocycles. The van der Waals surface area contributed by atoms with Crippen LogP contribution in [0.2, 0.25) is 0 Å². The molecule has 108 valence electrons. The average Bonchev–Trinajstić information content (AvgIpc) is 2.50. The Morgan fingerprint density at radius 3 is 2.60 bits per heavy atom. The number of hydrogen-bond acceptors (Lipinski definition) is 1. The predicted molar refractivity (Wildman–Crippen MR) is 83.7 cm³/mol. The van der Waals surface area contributed by atoms with Crippen molar-refractivity contribution in [1.29, 1.82) is 0 Å². The summed E-state index contributed by atoms with van der Waals surface area (Å²) in [5, 5.41) is 2.89. The number of anilines is 1. The Morgan fingerprint density at radius 1 is 1.25 bits per heavy atom. The van der Waals surface area contributed by atoms with Gasteiger partial charge < -0.3 is 5.32 Å². The first-order chi connectivity index (χ1) is 9.81. The molecule has 2 rings (SSSR count). The van der Waals surface area contributed by atoms with Crippen molar-refractivity contribution in [2.45, 2.75) is 39.0 Å². The Kier molecular flexibility index (Phi) is 5.66. The second-order valence-corrected chi connectivity index (χ2v) is 5.29. The lowest BCUT2D eigenvalue weighted by Crippen LogP contribution is -2.37. The van der Waals surface area contributed by atoms with Crippen molar-refractivity contribution >= 4 is 11.7 Å². The SMILES string of the molecule is CCN(C(=O)N/C=C/C1CCCCC1)c1ccccc1. The van der Waals surface area contributed by atoms with Gasteiger partial charge in [-0.05, 0) is 37.8 Å². The van der Waals surface area contributed by atoms with Crippen molar-refractivity contribution < 1.29 is 4.79 Å². The molecule has 20 heavy (non-hydrogen) atoms. The molecular formula is C17H24N2O. The van der Waals surface area contributed by atoms with Gasteiger partial charge in [0.2, 0.25) is 0 Å². The highest BCUT2D eigenvalue weighted by molar-refractivity contribution is 5.92. The van der Waals surface area contributed by atoms with Crippen LogP contribution in [0.4, 0.5) is 10.5 Å². The molecule has 0 aromatic heterocycles. The third kappa shape index (κ3) is 4.12. The van der Waals surface area contributed by atoms with Gasteiger partial charge in [0.25, 0.3) is 0 Å². The minimum atomic E-state index is -0.0641. The highest BCUT2D eigenvalue weighted by Crippen LogP contribution is 2.24. The van der Waals surface area contributed by atoms with E-state index in [4.69, 9.17) is 0 Å². The summed E-state index contributed by atoms with van der Waals surface area (Å²) in [5.41, 5.74) is 0.929. The van der Waals surface area contributed by atoms with Crippen molar-refractivity contribution in [3.63, 3.8) is 0 Å². The molecule has 0 unspecified atom stereocenters. The molecule has 1 N–H and O–H groups in total. The largest absolute Gasteiger partial charge is 0.325 e. The van der Waals surface area contributed by atoms with E-state index in [1.165, 1.54) is 32.1 Å². The Hall–Kier alpha value is -1.77. The van der Waals surface area contributed by atoms with E-state index in [-0.39, 0.29) is 6.03 Å². The number of amides is 2. The van der Waals surface area contributed by atoms with Gasteiger partial charge in [0.15, 0.2) is 0 Å². The molecule has 1 aliphatic rings. The van der Waals surface area contributed by atoms with Gasteiger partial charge in [-0.3, -0.25) is 4.90 Å². The summed E-state index contributed by atoms with van der Waals surface area (Å²) in [5.74, 6) is 0.635. The lowest BCUT2D eigenvalue weighted by molar-refractivity contribution is 0.249. The number of benzene rings is 1. The Morgan fingerprint density at radius 2 is 1.95 bits per heavy atom. The third-order valence-electron chi connectivity index (χ3n) is 3.85. The summed E-state index contributed by atoms with van der Waals surface area (Å²) in [6.45, 7) is 2.64. The number of rotatable bonds is 4. The molecule has 1 aromatic rings. The van der Waals surface area contributed by atoms with Crippen LogP contribution >= 0.6 is 0 Å². The van der Waals surface area contributed by atoms with E-state index in [0.29, 0.717) is 12.5 Å². The lowest BCUT2D eigenvalue weighted by Gasteiger charge is -2.21. The van der Waals surface area contributed by atoms with Crippen LogP contribution in [0.5, 0.6) is 0 Å². The zero-order valence-corrected chi connectivity index (χ0v) is 12.2. The van der Waals surface area contributed by atoms with Gasteiger partial charge in [-0.1, -0.05) is 43.5 Å². The van der Waals surface area contributed by atoms with E-state index in [2.05, 4.69) is 11.4 Å². The lowest BCUT2D eigenvalue weighted by atomic mass is 9.89. The molecule has 0 spiro atoms. The Bertz CT molecular complexity index is 436. The molecule has 0 radical (unpaired) electrons. The third-order valence-corrected chi connectivity index (χ3v) is 3.85. The number of carbonyl (C=O) groups is 1. The van der Waals surface area contributed by atoms with Gasteiger partial charge in [0.1, 0.15) is 0 Å². The van der Waals surface area contributed by atoms with Crippen LogP contribution in [0.3, 0.4) is 0 Å². The van der Waals surface area contributed by atoms with Crippen LogP contribution in [-0.2, 0) is 0 Å². The number of nitrogens with zero attached hydrogens (tertiary/aromatic N) is 1. The number of hydrogen-bond donors (Lipinski definition) is 1. The fourth-order valence-electron chi connectivity index (χ4n) is 2.71. The van der Waals surface area contributed by atoms with E-state index >= 15 is 0 Å². The number of nitrogens with one attached hydrogen (secondary N) is 1. The van der Waals surface area contributed by atoms with Crippen molar-refractivity contribution in [1.82, 2.24) is 5.32 Å². The molecule has 1 aliphatic carbocycles. The van der Waals surface area contributed by atoms with Crippen LogP contribution in [0.25, 0.3) is 0 Å². The highest BCUT2D eigenvalue weighted by Gasteiger charge is 2.13. The van der Waals surface area contributed by atoms with E-state index < -0.39 is 0 Å². The predicted octanol–water partition coefficient (Wildman–Crippen LogP) is 4.32. The number of carbonyl (C=O) groups excluding carboxylic acids is 1. The van der Waals surface area contributed by atoms with Crippen LogP contribution in [-0.4, -0.2) is 12.6 Å². The molecule has 0 atom stereocenters. The van der Waals surface area contributed by atoms with Crippen molar-refractivity contribution in [3.05, 3.63) is 42.6 Å². The fraction of sp³-hybridized carbons (Fsp3) is 0.471. The highest BCUT2D eigenvalue weighted by atomic mass is 16.2. The first-order valence-corrected chi connectivity index (χ1v) is 7.61. The van der Waals surface area contributed by atoms with Gasteiger partial charge in [-0.15, -0.1) is 0 Å². The Balaban J connectivity index is 1.88. The summed E-state index contributed by atoms with van der Waals surface area (Å²) >= 11 is 0. The van der Waals surface area contributed by atoms with Crippen molar-refractivity contribution in [2.75, 3.05) is 11.4 Å². The first-order valence-electron chi connectivity index (χ1n) is 7.61. The van der Waals surface area contributed by atoms with Gasteiger partial charge in [-0.25, -0.2) is 4.79 Å². The minimum absolute atomic E-state index is 0.0641. The summed E-state index contributed by atoms with van der Waals surface area (Å²) in [6, 6.07) is 9.69. The van der Waals surface area contributed by atoms with Gasteiger partial charge in [-0.2, -0.15) is 0 Å². The molecular weight excluding hydrogens is 248 g/mol. The van der Waals surface area contributed by atoms with E-state index in [9.17, 15) is 4.79 Å². The molecule has 0 bridgehead atoms. The van der Waals surface area contributed by atoms with Crippen LogP contribution in [0.1, 0.15) is 39.0 Å². The molecule has 3 nitrogen and oxygen atoms in total. The fourth-order valence-corrected chi connectivity index (χ4v) is 2.71.